The van der Waals surface area contributed by atoms with Crippen LogP contribution in [0.2, 0.25) is 0 Å². The standard InChI is InChI=1S/C56H53F2N13O3/c1-72-46-12-5-11-41(57)51(46)55-66-44(38-30-64-71(31-38)49-15-7-16-50(69-49)74-32-39-25-35-9-3-4-10-36(35)28-62-39)26-45(67-55)40-17-18-42(58)52(53(40)73-2)54-61-23-19-43(65-54)37(27-59)29-63-47-13-6-14-48(68-47)70-24-21-56(34-70)20-8-22-60-33-56/h3-7,9-19,23,26-27,29-31,39,59-60,62H,8,20-22,24-25,28,32-34H2,1-2H3,(H,63,68)/b37-29+,59-27?/t39-,56?/m1/s1. The highest BCUT2D eigenvalue weighted by molar-refractivity contribution is 6.08. The van der Waals surface area contributed by atoms with Gasteiger partial charge in [-0.15, -0.1) is 0 Å². The highest BCUT2D eigenvalue weighted by Gasteiger charge is 2.39. The molecule has 0 bridgehead atoms. The van der Waals surface area contributed by atoms with Crippen LogP contribution < -0.4 is 35.1 Å². The number of ether oxygens (including phenoxy) is 3. The minimum absolute atomic E-state index is 0.00185. The normalized spacial score (nSPS) is 17.5. The number of nitrogens with zero attached hydrogens (tertiary/aromatic N) is 9. The maximum absolute atomic E-state index is 16.3. The lowest BCUT2D eigenvalue weighted by molar-refractivity contribution is 0.239. The van der Waals surface area contributed by atoms with Crippen LogP contribution in [0.25, 0.3) is 56.7 Å². The SMILES string of the molecule is COc1cccc(F)c1-c1nc(-c2cnn(-c3cccc(OC[C@H]4Cc5ccccc5CN4)n3)c2)cc(-c2ccc(F)c(-c3nccc(/C(C=N)=C/Nc4cccc(N5CCC6(CCCNC6)C5)n4)n3)c2OC)n1. The number of rotatable bonds is 15. The van der Waals surface area contributed by atoms with Gasteiger partial charge in [-0.05, 0) is 98.0 Å². The minimum atomic E-state index is -0.666. The molecule has 16 nitrogen and oxygen atoms in total. The average molecular weight is 994 g/mol. The maximum Gasteiger partial charge on any atom is 0.215 e. The van der Waals surface area contributed by atoms with Crippen molar-refractivity contribution in [3.8, 4) is 68.5 Å². The summed E-state index contributed by atoms with van der Waals surface area (Å²) in [6.07, 6.45) is 12.0. The van der Waals surface area contributed by atoms with E-state index in [2.05, 4.69) is 55.2 Å². The largest absolute Gasteiger partial charge is 0.496 e. The first-order valence-electron chi connectivity index (χ1n) is 24.5. The summed E-state index contributed by atoms with van der Waals surface area (Å²) in [5.74, 6) is 1.42. The summed E-state index contributed by atoms with van der Waals surface area (Å²) in [5.41, 5.74) is 5.10. The van der Waals surface area contributed by atoms with Gasteiger partial charge in [0.05, 0.1) is 48.6 Å². The van der Waals surface area contributed by atoms with E-state index in [-0.39, 0.29) is 51.4 Å². The van der Waals surface area contributed by atoms with E-state index in [1.807, 2.05) is 30.3 Å². The van der Waals surface area contributed by atoms with Gasteiger partial charge in [0.2, 0.25) is 5.88 Å². The Balaban J connectivity index is 0.892. The van der Waals surface area contributed by atoms with Crippen LogP contribution in [0.15, 0.2) is 128 Å². The molecule has 374 valence electrons. The van der Waals surface area contributed by atoms with Crippen molar-refractivity contribution in [2.45, 2.75) is 38.3 Å². The molecule has 18 heteroatoms. The van der Waals surface area contributed by atoms with Crippen molar-refractivity contribution < 1.29 is 23.0 Å². The van der Waals surface area contributed by atoms with Crippen LogP contribution in [-0.2, 0) is 13.0 Å². The number of hydrogen-bond acceptors (Lipinski definition) is 15. The summed E-state index contributed by atoms with van der Waals surface area (Å²) in [4.78, 5) is 30.9. The number of pyridine rings is 2. The number of fused-ring (bicyclic) bond motifs is 1. The number of allylic oxidation sites excluding steroid dienone is 1. The Morgan fingerprint density at radius 1 is 0.838 bits per heavy atom. The smallest absolute Gasteiger partial charge is 0.215 e. The number of hydrogen-bond donors (Lipinski definition) is 4. The molecule has 2 saturated heterocycles. The van der Waals surface area contributed by atoms with E-state index in [0.717, 1.165) is 57.6 Å². The third-order valence-electron chi connectivity index (χ3n) is 13.9. The molecule has 2 fully saturated rings. The van der Waals surface area contributed by atoms with Crippen molar-refractivity contribution >= 4 is 23.4 Å². The Kier molecular flexibility index (Phi) is 13.5. The molecule has 74 heavy (non-hydrogen) atoms. The fourth-order valence-corrected chi connectivity index (χ4v) is 10.1. The summed E-state index contributed by atoms with van der Waals surface area (Å²) < 4.78 is 51.6. The minimum Gasteiger partial charge on any atom is -0.496 e. The molecule has 11 rings (SSSR count). The summed E-state index contributed by atoms with van der Waals surface area (Å²) >= 11 is 0. The third-order valence-corrected chi connectivity index (χ3v) is 13.9. The molecule has 0 saturated carbocycles. The van der Waals surface area contributed by atoms with Gasteiger partial charge < -0.3 is 40.5 Å². The van der Waals surface area contributed by atoms with E-state index in [4.69, 9.17) is 44.5 Å². The van der Waals surface area contributed by atoms with Gasteiger partial charge in [-0.25, -0.2) is 38.4 Å². The Morgan fingerprint density at radius 3 is 2.53 bits per heavy atom. The molecular formula is C56H53F2N13O3. The van der Waals surface area contributed by atoms with Gasteiger partial charge in [0.25, 0.3) is 0 Å². The van der Waals surface area contributed by atoms with Crippen LogP contribution in [0.5, 0.6) is 17.4 Å². The van der Waals surface area contributed by atoms with Gasteiger partial charge in [0, 0.05) is 85.2 Å². The van der Waals surface area contributed by atoms with E-state index in [0.29, 0.717) is 52.2 Å². The zero-order valence-corrected chi connectivity index (χ0v) is 40.9. The number of benzene rings is 3. The van der Waals surface area contributed by atoms with E-state index in [1.165, 1.54) is 68.7 Å². The van der Waals surface area contributed by atoms with Crippen molar-refractivity contribution in [3.63, 3.8) is 0 Å². The van der Waals surface area contributed by atoms with E-state index < -0.39 is 11.6 Å². The van der Waals surface area contributed by atoms with Crippen molar-refractivity contribution in [1.29, 1.82) is 5.41 Å². The molecule has 0 amide bonds. The fraction of sp³-hybridized carbons (Fsp3) is 0.250. The molecule has 4 N–H and O–H groups in total. The van der Waals surface area contributed by atoms with Crippen molar-refractivity contribution in [3.05, 3.63) is 156 Å². The Labute approximate surface area is 426 Å². The molecule has 8 aromatic rings. The highest BCUT2D eigenvalue weighted by atomic mass is 19.1. The van der Waals surface area contributed by atoms with Crippen LogP contribution in [0.4, 0.5) is 20.4 Å². The monoisotopic (exact) mass is 993 g/mol. The van der Waals surface area contributed by atoms with Gasteiger partial charge in [0.1, 0.15) is 41.4 Å². The topological polar surface area (TPSA) is 186 Å². The molecule has 0 aliphatic carbocycles. The maximum atomic E-state index is 16.3. The first-order valence-corrected chi connectivity index (χ1v) is 24.5. The lowest BCUT2D eigenvalue weighted by atomic mass is 9.80. The van der Waals surface area contributed by atoms with Gasteiger partial charge >= 0.3 is 0 Å². The number of methoxy groups -OCH3 is 2. The van der Waals surface area contributed by atoms with Crippen molar-refractivity contribution in [1.82, 2.24) is 50.3 Å². The van der Waals surface area contributed by atoms with Crippen LogP contribution in [0, 0.1) is 22.5 Å². The van der Waals surface area contributed by atoms with Gasteiger partial charge in [0.15, 0.2) is 17.5 Å². The molecular weight excluding hydrogens is 941 g/mol. The highest BCUT2D eigenvalue weighted by Crippen LogP contribution is 2.42. The number of nitrogens with one attached hydrogen (secondary N) is 4. The summed E-state index contributed by atoms with van der Waals surface area (Å²) in [7, 11) is 2.85. The molecule has 3 aliphatic rings. The molecule has 3 aromatic carbocycles. The molecule has 2 atom stereocenters. The van der Waals surface area contributed by atoms with Crippen molar-refractivity contribution in [2.24, 2.45) is 5.41 Å². The lowest BCUT2D eigenvalue weighted by Gasteiger charge is -2.34. The number of aromatic nitrogens is 8. The predicted octanol–water partition coefficient (Wildman–Crippen LogP) is 8.98. The van der Waals surface area contributed by atoms with Crippen LogP contribution in [0.3, 0.4) is 0 Å². The van der Waals surface area contributed by atoms with E-state index >= 15 is 8.78 Å². The van der Waals surface area contributed by atoms with Crippen molar-refractivity contribution in [2.75, 3.05) is 57.2 Å². The first-order chi connectivity index (χ1) is 36.3. The summed E-state index contributed by atoms with van der Waals surface area (Å²) in [6, 6.07) is 30.4. The van der Waals surface area contributed by atoms with E-state index in [1.54, 1.807) is 47.5 Å². The van der Waals surface area contributed by atoms with Gasteiger partial charge in [-0.3, -0.25) is 0 Å². The van der Waals surface area contributed by atoms with Gasteiger partial charge in [-0.2, -0.15) is 10.1 Å². The van der Waals surface area contributed by atoms with Crippen LogP contribution in [-0.4, -0.2) is 98.9 Å². The number of anilines is 2. The summed E-state index contributed by atoms with van der Waals surface area (Å²) in [5, 5.41) is 23.4. The third kappa shape index (κ3) is 9.88. The van der Waals surface area contributed by atoms with Crippen LogP contribution in [0.1, 0.15) is 36.1 Å². The lowest BCUT2D eigenvalue weighted by Crippen LogP contribution is -2.42. The Bertz CT molecular complexity index is 3400. The molecule has 1 unspecified atom stereocenters. The second-order valence-corrected chi connectivity index (χ2v) is 18.6. The Morgan fingerprint density at radius 2 is 1.68 bits per heavy atom. The molecule has 8 heterocycles. The van der Waals surface area contributed by atoms with Gasteiger partial charge in [-0.1, -0.05) is 42.5 Å². The zero-order chi connectivity index (χ0) is 50.6. The Hall–Kier alpha value is -8.48. The zero-order valence-electron chi connectivity index (χ0n) is 40.9. The molecule has 5 aromatic heterocycles. The number of piperidine rings is 1. The number of halogens is 2. The predicted molar refractivity (Wildman–Crippen MR) is 280 cm³/mol. The quantitative estimate of drug-likeness (QED) is 0.0713. The van der Waals surface area contributed by atoms with Crippen LogP contribution >= 0.6 is 0 Å². The van der Waals surface area contributed by atoms with E-state index in [9.17, 15) is 0 Å². The summed E-state index contributed by atoms with van der Waals surface area (Å²) in [6.45, 7) is 5.19. The second-order valence-electron chi connectivity index (χ2n) is 18.6. The second kappa shape index (κ2) is 20.9. The molecule has 1 spiro atoms. The fourth-order valence-electron chi connectivity index (χ4n) is 10.1. The molecule has 3 aliphatic heterocycles. The average Bonchev–Trinajstić information content (AvgIpc) is 4.11. The molecule has 0 radical (unpaired) electrons. The first kappa shape index (κ1) is 47.8.